The van der Waals surface area contributed by atoms with Crippen LogP contribution in [-0.4, -0.2) is 41.6 Å². The number of likely N-dealkylation sites (tertiary alicyclic amines) is 1. The number of fused-ring (bicyclic) bond motifs is 1. The minimum atomic E-state index is -0.739. The number of hydrogen-bond acceptors (Lipinski definition) is 2. The molecule has 2 aliphatic rings. The molecule has 0 aromatic rings. The van der Waals surface area contributed by atoms with Gasteiger partial charge in [0.1, 0.15) is 0 Å². The number of nitrogens with one attached hydrogen (secondary N) is 1. The first kappa shape index (κ1) is 13.9. The monoisotopic (exact) mass is 266 g/mol. The highest BCUT2D eigenvalue weighted by molar-refractivity contribution is 5.80. The van der Waals surface area contributed by atoms with Crippen LogP contribution in [0.5, 0.6) is 0 Å². The summed E-state index contributed by atoms with van der Waals surface area (Å²) in [7, 11) is 0. The molecule has 1 heterocycles. The molecular weight excluding hydrogens is 244 g/mol. The summed E-state index contributed by atoms with van der Waals surface area (Å²) in [6.07, 6.45) is 6.16. The third kappa shape index (κ3) is 2.60. The van der Waals surface area contributed by atoms with Crippen molar-refractivity contribution in [3.05, 3.63) is 12.7 Å². The number of hydrogen-bond donors (Lipinski definition) is 2. The van der Waals surface area contributed by atoms with Crippen LogP contribution < -0.4 is 5.32 Å². The molecule has 0 bridgehead atoms. The Bertz CT molecular complexity index is 383. The van der Waals surface area contributed by atoms with Gasteiger partial charge in [-0.2, -0.15) is 0 Å². The van der Waals surface area contributed by atoms with Gasteiger partial charge in [0.15, 0.2) is 0 Å². The van der Waals surface area contributed by atoms with Gasteiger partial charge in [0.25, 0.3) is 0 Å². The minimum Gasteiger partial charge on any atom is -0.481 e. The summed E-state index contributed by atoms with van der Waals surface area (Å²) in [4.78, 5) is 25.2. The normalized spacial score (nSPS) is 29.1. The van der Waals surface area contributed by atoms with E-state index >= 15 is 0 Å². The molecule has 2 amide bonds. The zero-order chi connectivity index (χ0) is 13.9. The number of allylic oxidation sites excluding steroid dienone is 1. The number of nitrogens with zero attached hydrogens (tertiary/aromatic N) is 1. The van der Waals surface area contributed by atoms with Gasteiger partial charge < -0.3 is 15.3 Å². The standard InChI is InChI=1S/C14H22N2O3/c1-2-3-4-8-15-13(19)16-9-11-6-5-7-14(11,10-16)12(17)18/h2,11H,1,3-10H2,(H,15,19)(H,17,18)/t11-,14+/m0/s1. The van der Waals surface area contributed by atoms with E-state index < -0.39 is 11.4 Å². The highest BCUT2D eigenvalue weighted by Gasteiger charge is 2.55. The quantitative estimate of drug-likeness (QED) is 0.589. The van der Waals surface area contributed by atoms with Gasteiger partial charge in [0.05, 0.1) is 5.41 Å². The molecule has 19 heavy (non-hydrogen) atoms. The molecule has 2 rings (SSSR count). The zero-order valence-corrected chi connectivity index (χ0v) is 11.2. The molecular formula is C14H22N2O3. The van der Waals surface area contributed by atoms with E-state index in [1.54, 1.807) is 4.90 Å². The Hall–Kier alpha value is -1.52. The first-order valence-corrected chi connectivity index (χ1v) is 6.97. The number of unbranched alkanes of at least 4 members (excludes halogenated alkanes) is 1. The second-order valence-corrected chi connectivity index (χ2v) is 5.59. The van der Waals surface area contributed by atoms with Crippen molar-refractivity contribution in [1.82, 2.24) is 10.2 Å². The van der Waals surface area contributed by atoms with Gasteiger partial charge in [-0.3, -0.25) is 4.79 Å². The largest absolute Gasteiger partial charge is 0.481 e. The number of carbonyl (C=O) groups excluding carboxylic acids is 1. The van der Waals surface area contributed by atoms with Gasteiger partial charge in [0.2, 0.25) is 0 Å². The predicted octanol–water partition coefficient (Wildman–Crippen LogP) is 1.85. The molecule has 1 saturated heterocycles. The SMILES string of the molecule is C=CCCCNC(=O)N1C[C@@H]2CCC[C@@]2(C(=O)O)C1. The Morgan fingerprint density at radius 3 is 2.95 bits per heavy atom. The second kappa shape index (κ2) is 5.63. The number of urea groups is 1. The lowest BCUT2D eigenvalue weighted by molar-refractivity contribution is -0.149. The molecule has 5 heteroatoms. The molecule has 106 valence electrons. The van der Waals surface area contributed by atoms with Crippen LogP contribution in [0.2, 0.25) is 0 Å². The molecule has 5 nitrogen and oxygen atoms in total. The van der Waals surface area contributed by atoms with Gasteiger partial charge in [-0.15, -0.1) is 6.58 Å². The predicted molar refractivity (Wildman–Crippen MR) is 71.8 cm³/mol. The van der Waals surface area contributed by atoms with Crippen LogP contribution in [0.15, 0.2) is 12.7 Å². The Kier molecular flexibility index (Phi) is 4.12. The summed E-state index contributed by atoms with van der Waals surface area (Å²) in [6, 6.07) is -0.126. The van der Waals surface area contributed by atoms with Crippen LogP contribution in [0.25, 0.3) is 0 Å². The van der Waals surface area contributed by atoms with Gasteiger partial charge in [-0.25, -0.2) is 4.79 Å². The van der Waals surface area contributed by atoms with Crippen molar-refractivity contribution in [2.75, 3.05) is 19.6 Å². The van der Waals surface area contributed by atoms with Gasteiger partial charge >= 0.3 is 12.0 Å². The summed E-state index contributed by atoms with van der Waals surface area (Å²) >= 11 is 0. The molecule has 1 aliphatic heterocycles. The van der Waals surface area contributed by atoms with Crippen molar-refractivity contribution in [1.29, 1.82) is 0 Å². The van der Waals surface area contributed by atoms with E-state index in [2.05, 4.69) is 11.9 Å². The van der Waals surface area contributed by atoms with E-state index in [4.69, 9.17) is 0 Å². The van der Waals surface area contributed by atoms with E-state index in [0.717, 1.165) is 25.7 Å². The van der Waals surface area contributed by atoms with Gasteiger partial charge in [-0.1, -0.05) is 12.5 Å². The number of aliphatic carboxylic acids is 1. The van der Waals surface area contributed by atoms with Crippen LogP contribution in [0.3, 0.4) is 0 Å². The molecule has 0 aromatic heterocycles. The molecule has 0 spiro atoms. The van der Waals surface area contributed by atoms with Crippen LogP contribution >= 0.6 is 0 Å². The van der Waals surface area contributed by atoms with Gasteiger partial charge in [0, 0.05) is 19.6 Å². The zero-order valence-electron chi connectivity index (χ0n) is 11.2. The topological polar surface area (TPSA) is 69.6 Å². The summed E-state index contributed by atoms with van der Waals surface area (Å²) < 4.78 is 0. The molecule has 2 fully saturated rings. The number of carboxylic acid groups (broad SMARTS) is 1. The molecule has 0 radical (unpaired) electrons. The molecule has 1 aliphatic carbocycles. The number of carbonyl (C=O) groups is 2. The van der Waals surface area contributed by atoms with Crippen LogP contribution in [0.1, 0.15) is 32.1 Å². The van der Waals surface area contributed by atoms with E-state index in [1.165, 1.54) is 0 Å². The highest BCUT2D eigenvalue weighted by atomic mass is 16.4. The maximum atomic E-state index is 12.0. The van der Waals surface area contributed by atoms with Crippen molar-refractivity contribution < 1.29 is 14.7 Å². The lowest BCUT2D eigenvalue weighted by atomic mass is 9.81. The fraction of sp³-hybridized carbons (Fsp3) is 0.714. The molecule has 0 unspecified atom stereocenters. The van der Waals surface area contributed by atoms with Crippen molar-refractivity contribution in [3.63, 3.8) is 0 Å². The van der Waals surface area contributed by atoms with Crippen molar-refractivity contribution in [3.8, 4) is 0 Å². The first-order chi connectivity index (χ1) is 9.10. The summed E-state index contributed by atoms with van der Waals surface area (Å²) in [5.74, 6) is -0.610. The molecule has 2 N–H and O–H groups in total. The lowest BCUT2D eigenvalue weighted by Crippen LogP contribution is -2.41. The number of carboxylic acids is 1. The van der Waals surface area contributed by atoms with E-state index in [0.29, 0.717) is 26.1 Å². The van der Waals surface area contributed by atoms with Crippen molar-refractivity contribution >= 4 is 12.0 Å². The maximum Gasteiger partial charge on any atom is 0.317 e. The van der Waals surface area contributed by atoms with Crippen LogP contribution in [0.4, 0.5) is 4.79 Å². The van der Waals surface area contributed by atoms with Crippen LogP contribution in [0, 0.1) is 11.3 Å². The lowest BCUT2D eigenvalue weighted by Gasteiger charge is -2.23. The number of rotatable bonds is 5. The average Bonchev–Trinajstić information content (AvgIpc) is 2.91. The average molecular weight is 266 g/mol. The Labute approximate surface area is 113 Å². The van der Waals surface area contributed by atoms with E-state index in [9.17, 15) is 14.7 Å². The minimum absolute atomic E-state index is 0.126. The fourth-order valence-corrected chi connectivity index (χ4v) is 3.35. The van der Waals surface area contributed by atoms with Crippen molar-refractivity contribution in [2.45, 2.75) is 32.1 Å². The van der Waals surface area contributed by atoms with Gasteiger partial charge in [-0.05, 0) is 31.6 Å². The van der Waals surface area contributed by atoms with E-state index in [1.807, 2.05) is 6.08 Å². The molecule has 2 atom stereocenters. The fourth-order valence-electron chi connectivity index (χ4n) is 3.35. The van der Waals surface area contributed by atoms with E-state index in [-0.39, 0.29) is 11.9 Å². The third-order valence-electron chi connectivity index (χ3n) is 4.45. The van der Waals surface area contributed by atoms with Crippen molar-refractivity contribution in [2.24, 2.45) is 11.3 Å². The highest BCUT2D eigenvalue weighted by Crippen LogP contribution is 2.48. The summed E-state index contributed by atoms with van der Waals surface area (Å²) in [5.41, 5.74) is -0.682. The summed E-state index contributed by atoms with van der Waals surface area (Å²) in [5, 5.41) is 12.3. The Balaban J connectivity index is 1.89. The third-order valence-corrected chi connectivity index (χ3v) is 4.45. The first-order valence-electron chi connectivity index (χ1n) is 6.97. The van der Waals surface area contributed by atoms with Crippen LogP contribution in [-0.2, 0) is 4.79 Å². The second-order valence-electron chi connectivity index (χ2n) is 5.59. The molecule has 1 saturated carbocycles. The Morgan fingerprint density at radius 1 is 1.53 bits per heavy atom. The summed E-state index contributed by atoms with van der Waals surface area (Å²) in [6.45, 7) is 5.19. The Morgan fingerprint density at radius 2 is 2.32 bits per heavy atom. The smallest absolute Gasteiger partial charge is 0.317 e. The number of amides is 2. The maximum absolute atomic E-state index is 12.0. The molecule has 0 aromatic carbocycles.